The first-order valence-corrected chi connectivity index (χ1v) is 8.85. The molecule has 3 rings (SSSR count). The molecule has 3 aromatic carbocycles. The highest BCUT2D eigenvalue weighted by atomic mass is 35.5. The van der Waals surface area contributed by atoms with E-state index in [0.29, 0.717) is 6.42 Å². The Bertz CT molecular complexity index is 865. The van der Waals surface area contributed by atoms with E-state index < -0.39 is 12.0 Å². The van der Waals surface area contributed by atoms with Gasteiger partial charge in [0.2, 0.25) is 0 Å². The van der Waals surface area contributed by atoms with Gasteiger partial charge in [-0.1, -0.05) is 66.7 Å². The molecule has 0 amide bonds. The second kappa shape index (κ2) is 10.5. The first-order valence-electron chi connectivity index (χ1n) is 8.85. The molecule has 0 fully saturated rings. The molecular weight excluding hydrogens is 374 g/mol. The fourth-order valence-corrected chi connectivity index (χ4v) is 2.79. The third kappa shape index (κ3) is 5.84. The molecule has 5 heteroatoms. The van der Waals surface area contributed by atoms with Crippen LogP contribution in [0.3, 0.4) is 0 Å². The summed E-state index contributed by atoms with van der Waals surface area (Å²) in [5.74, 6) is 0.438. The summed E-state index contributed by atoms with van der Waals surface area (Å²) in [6, 6.07) is 24.8. The van der Waals surface area contributed by atoms with Crippen molar-refractivity contribution in [1.29, 1.82) is 0 Å². The molecule has 2 N–H and O–H groups in total. The Hall–Kier alpha value is -2.82. The van der Waals surface area contributed by atoms with Crippen molar-refractivity contribution in [3.8, 4) is 16.9 Å². The zero-order chi connectivity index (χ0) is 19.1. The average Bonchev–Trinajstić information content (AvgIpc) is 2.73. The summed E-state index contributed by atoms with van der Waals surface area (Å²) in [4.78, 5) is 12.1. The molecule has 0 spiro atoms. The van der Waals surface area contributed by atoms with Crippen LogP contribution in [0.2, 0.25) is 0 Å². The van der Waals surface area contributed by atoms with E-state index >= 15 is 0 Å². The smallest absolute Gasteiger partial charge is 0.323 e. The molecule has 3 aromatic rings. The van der Waals surface area contributed by atoms with Crippen molar-refractivity contribution in [1.82, 2.24) is 0 Å². The van der Waals surface area contributed by atoms with E-state index in [0.717, 1.165) is 28.0 Å². The van der Waals surface area contributed by atoms with Crippen LogP contribution in [0.25, 0.3) is 11.1 Å². The largest absolute Gasteiger partial charge is 0.497 e. The Labute approximate surface area is 171 Å². The van der Waals surface area contributed by atoms with Crippen LogP contribution in [0, 0.1) is 0 Å². The van der Waals surface area contributed by atoms with Crippen LogP contribution >= 0.6 is 12.4 Å². The predicted octanol–water partition coefficient (Wildman–Crippen LogP) is 4.40. The topological polar surface area (TPSA) is 61.5 Å². The van der Waals surface area contributed by atoms with Gasteiger partial charge in [0.1, 0.15) is 18.4 Å². The lowest BCUT2D eigenvalue weighted by Gasteiger charge is -2.12. The van der Waals surface area contributed by atoms with Gasteiger partial charge in [-0.15, -0.1) is 12.4 Å². The molecule has 0 radical (unpaired) electrons. The molecule has 0 aliphatic carbocycles. The number of hydrogen-bond donors (Lipinski definition) is 1. The maximum Gasteiger partial charge on any atom is 0.323 e. The quantitative estimate of drug-likeness (QED) is 0.600. The maximum absolute atomic E-state index is 12.1. The van der Waals surface area contributed by atoms with Crippen molar-refractivity contribution in [2.24, 2.45) is 5.73 Å². The van der Waals surface area contributed by atoms with Gasteiger partial charge in [0.15, 0.2) is 0 Å². The van der Waals surface area contributed by atoms with E-state index in [1.54, 1.807) is 7.11 Å². The number of methoxy groups -OCH3 is 1. The summed E-state index contributed by atoms with van der Waals surface area (Å²) in [7, 11) is 1.65. The van der Waals surface area contributed by atoms with Gasteiger partial charge in [-0.05, 0) is 40.8 Å². The SMILES string of the molecule is COc1ccc(-c2ccc(C[C@H](N)C(=O)OCc3ccccc3)cc2)cc1.Cl. The Morgan fingerprint density at radius 1 is 0.857 bits per heavy atom. The van der Waals surface area contributed by atoms with Crippen molar-refractivity contribution in [3.05, 3.63) is 90.0 Å². The third-order valence-electron chi connectivity index (χ3n) is 4.36. The number of ether oxygens (including phenoxy) is 2. The molecule has 4 nitrogen and oxygen atoms in total. The number of halogens is 1. The van der Waals surface area contributed by atoms with Crippen LogP contribution in [-0.2, 0) is 22.6 Å². The highest BCUT2D eigenvalue weighted by Gasteiger charge is 2.16. The van der Waals surface area contributed by atoms with Crippen LogP contribution in [0.5, 0.6) is 5.75 Å². The van der Waals surface area contributed by atoms with Gasteiger partial charge in [0.25, 0.3) is 0 Å². The summed E-state index contributed by atoms with van der Waals surface area (Å²) in [6.45, 7) is 0.240. The normalized spacial score (nSPS) is 11.2. The first-order chi connectivity index (χ1) is 13.2. The summed E-state index contributed by atoms with van der Waals surface area (Å²) in [5, 5.41) is 0. The van der Waals surface area contributed by atoms with Gasteiger partial charge in [-0.2, -0.15) is 0 Å². The average molecular weight is 398 g/mol. The predicted molar refractivity (Wildman–Crippen MR) is 114 cm³/mol. The summed E-state index contributed by atoms with van der Waals surface area (Å²) in [6.07, 6.45) is 0.441. The van der Waals surface area contributed by atoms with E-state index in [1.165, 1.54) is 0 Å². The van der Waals surface area contributed by atoms with Gasteiger partial charge in [-0.25, -0.2) is 0 Å². The molecule has 0 aliphatic heterocycles. The van der Waals surface area contributed by atoms with Crippen LogP contribution in [0.4, 0.5) is 0 Å². The Kier molecular flexibility index (Phi) is 8.05. The van der Waals surface area contributed by atoms with Gasteiger partial charge < -0.3 is 15.2 Å². The molecule has 0 saturated carbocycles. The second-order valence-corrected chi connectivity index (χ2v) is 6.33. The van der Waals surface area contributed by atoms with Crippen molar-refractivity contribution < 1.29 is 14.3 Å². The van der Waals surface area contributed by atoms with Crippen LogP contribution in [0.15, 0.2) is 78.9 Å². The lowest BCUT2D eigenvalue weighted by atomic mass is 10.0. The van der Waals surface area contributed by atoms with E-state index in [-0.39, 0.29) is 19.0 Å². The first kappa shape index (κ1) is 21.5. The van der Waals surface area contributed by atoms with Gasteiger partial charge >= 0.3 is 5.97 Å². The number of nitrogens with two attached hydrogens (primary N) is 1. The van der Waals surface area contributed by atoms with Crippen LogP contribution < -0.4 is 10.5 Å². The molecule has 146 valence electrons. The number of hydrogen-bond acceptors (Lipinski definition) is 4. The van der Waals surface area contributed by atoms with Crippen LogP contribution in [-0.4, -0.2) is 19.1 Å². The number of carbonyl (C=O) groups is 1. The molecule has 0 heterocycles. The van der Waals surface area contributed by atoms with E-state index in [9.17, 15) is 4.79 Å². The number of esters is 1. The van der Waals surface area contributed by atoms with E-state index in [1.807, 2.05) is 78.9 Å². The van der Waals surface area contributed by atoms with Crippen molar-refractivity contribution in [3.63, 3.8) is 0 Å². The highest BCUT2D eigenvalue weighted by Crippen LogP contribution is 2.23. The summed E-state index contributed by atoms with van der Waals surface area (Å²) in [5.41, 5.74) is 10.2. The van der Waals surface area contributed by atoms with Crippen molar-refractivity contribution >= 4 is 18.4 Å². The molecule has 0 bridgehead atoms. The fourth-order valence-electron chi connectivity index (χ4n) is 2.79. The van der Waals surface area contributed by atoms with Crippen molar-refractivity contribution in [2.75, 3.05) is 7.11 Å². The standard InChI is InChI=1S/C23H23NO3.ClH/c1-26-21-13-11-20(12-14-21)19-9-7-17(8-10-19)15-22(24)23(25)27-16-18-5-3-2-4-6-18;/h2-14,22H,15-16,24H2,1H3;1H/t22-;/m0./s1. The lowest BCUT2D eigenvalue weighted by Crippen LogP contribution is -2.34. The maximum atomic E-state index is 12.1. The zero-order valence-electron chi connectivity index (χ0n) is 15.7. The van der Waals surface area contributed by atoms with E-state index in [4.69, 9.17) is 15.2 Å². The van der Waals surface area contributed by atoms with Crippen molar-refractivity contribution in [2.45, 2.75) is 19.1 Å². The molecule has 0 aromatic heterocycles. The van der Waals surface area contributed by atoms with E-state index in [2.05, 4.69) is 0 Å². The monoisotopic (exact) mass is 397 g/mol. The number of carbonyl (C=O) groups excluding carboxylic acids is 1. The number of rotatable bonds is 7. The highest BCUT2D eigenvalue weighted by molar-refractivity contribution is 5.85. The summed E-state index contributed by atoms with van der Waals surface area (Å²) >= 11 is 0. The Morgan fingerprint density at radius 2 is 1.43 bits per heavy atom. The molecule has 0 saturated heterocycles. The minimum atomic E-state index is -0.680. The Morgan fingerprint density at radius 3 is 2.00 bits per heavy atom. The van der Waals surface area contributed by atoms with Gasteiger partial charge in [0.05, 0.1) is 7.11 Å². The molecule has 1 atom stereocenters. The lowest BCUT2D eigenvalue weighted by molar-refractivity contribution is -0.146. The minimum absolute atomic E-state index is 0. The minimum Gasteiger partial charge on any atom is -0.497 e. The molecule has 0 aliphatic rings. The molecule has 0 unspecified atom stereocenters. The van der Waals surface area contributed by atoms with Gasteiger partial charge in [0, 0.05) is 0 Å². The van der Waals surface area contributed by atoms with Gasteiger partial charge in [-0.3, -0.25) is 4.79 Å². The Balaban J connectivity index is 0.00000280. The molecule has 28 heavy (non-hydrogen) atoms. The second-order valence-electron chi connectivity index (χ2n) is 6.33. The van der Waals surface area contributed by atoms with Crippen LogP contribution in [0.1, 0.15) is 11.1 Å². The number of benzene rings is 3. The summed E-state index contributed by atoms with van der Waals surface area (Å²) < 4.78 is 10.5. The fraction of sp³-hybridized carbons (Fsp3) is 0.174. The third-order valence-corrected chi connectivity index (χ3v) is 4.36. The molecular formula is C23H24ClNO3. The zero-order valence-corrected chi connectivity index (χ0v) is 16.5.